The summed E-state index contributed by atoms with van der Waals surface area (Å²) in [5, 5.41) is 0. The molecule has 0 unspecified atom stereocenters. The molecule has 0 fully saturated rings. The van der Waals surface area contributed by atoms with E-state index < -0.39 is 0 Å². The maximum absolute atomic E-state index is 11.1. The average Bonchev–Trinajstić information content (AvgIpc) is 2.12. The number of aliphatic imine (C=N–C) groups is 1. The first kappa shape index (κ1) is 7.03. The van der Waals surface area contributed by atoms with Gasteiger partial charge in [0.25, 0.3) is 0 Å². The zero-order chi connectivity index (χ0) is 8.55. The first-order chi connectivity index (χ1) is 5.79. The smallest absolute Gasteiger partial charge is 0.193 e. The van der Waals surface area contributed by atoms with Gasteiger partial charge in [-0.1, -0.05) is 12.1 Å². The van der Waals surface area contributed by atoms with Crippen molar-refractivity contribution in [2.45, 2.75) is 0 Å². The lowest BCUT2D eigenvalue weighted by Crippen LogP contribution is -2.32. The van der Waals surface area contributed by atoms with Crippen LogP contribution in [0.15, 0.2) is 24.3 Å². The number of amides is 2. The van der Waals surface area contributed by atoms with Crippen LogP contribution in [0, 0.1) is 0 Å². The number of para-hydroxylation sites is 1. The molecule has 1 aromatic carbocycles. The van der Waals surface area contributed by atoms with Crippen LogP contribution in [0.1, 0.15) is 5.56 Å². The molecule has 0 aromatic heterocycles. The van der Waals surface area contributed by atoms with Gasteiger partial charge in [-0.15, -0.1) is 0 Å². The van der Waals surface area contributed by atoms with Crippen LogP contribution in [-0.4, -0.2) is 19.3 Å². The lowest BCUT2D eigenvalue weighted by Gasteiger charge is -2.10. The van der Waals surface area contributed by atoms with Gasteiger partial charge in [0.2, 0.25) is 0 Å². The van der Waals surface area contributed by atoms with Gasteiger partial charge in [-0.05, 0) is 17.1 Å². The molecular formula is C9H8N2O+. The zero-order valence-corrected chi connectivity index (χ0v) is 6.69. The van der Waals surface area contributed by atoms with E-state index in [4.69, 9.17) is 0 Å². The Balaban J connectivity index is 2.59. The largest absolute Gasteiger partial charge is 0.539 e. The molecule has 1 aliphatic rings. The minimum Gasteiger partial charge on any atom is -0.193 e. The third kappa shape index (κ3) is 0.906. The van der Waals surface area contributed by atoms with E-state index in [9.17, 15) is 4.79 Å². The number of nitrogens with zero attached hydrogens (tertiary/aromatic N) is 2. The minimum atomic E-state index is -0.214. The number of urea groups is 1. The highest BCUT2D eigenvalue weighted by atomic mass is 16.2. The van der Waals surface area contributed by atoms with Crippen LogP contribution in [0.4, 0.5) is 10.5 Å². The number of anilines is 1. The highest BCUT2D eigenvalue weighted by Gasteiger charge is 2.26. The van der Waals surface area contributed by atoms with Gasteiger partial charge in [0, 0.05) is 0 Å². The van der Waals surface area contributed by atoms with Gasteiger partial charge < -0.3 is 0 Å². The second-order valence-electron chi connectivity index (χ2n) is 2.66. The number of carbonyl (C=O) groups excluding carboxylic acids is 1. The summed E-state index contributed by atoms with van der Waals surface area (Å²) in [4.78, 5) is 16.3. The predicted octanol–water partition coefficient (Wildman–Crippen LogP) is 1.01. The van der Waals surface area contributed by atoms with E-state index in [1.807, 2.05) is 24.3 Å². The second kappa shape index (κ2) is 2.44. The van der Waals surface area contributed by atoms with Gasteiger partial charge >= 0.3 is 6.03 Å². The number of fused-ring (bicyclic) bond motifs is 1. The average molecular weight is 160 g/mol. The van der Waals surface area contributed by atoms with Crippen molar-refractivity contribution in [3.05, 3.63) is 29.8 Å². The molecule has 12 heavy (non-hydrogen) atoms. The van der Waals surface area contributed by atoms with Crippen molar-refractivity contribution in [3.8, 4) is 0 Å². The van der Waals surface area contributed by atoms with E-state index in [2.05, 4.69) is 4.99 Å². The molecule has 2 amide bonds. The lowest BCUT2D eigenvalue weighted by molar-refractivity contribution is 0.252. The third-order valence-corrected chi connectivity index (χ3v) is 1.90. The van der Waals surface area contributed by atoms with Crippen LogP contribution in [-0.2, 0) is 0 Å². The maximum atomic E-state index is 11.1. The quantitative estimate of drug-likeness (QED) is 0.557. The Kier molecular flexibility index (Phi) is 1.43. The summed E-state index contributed by atoms with van der Waals surface area (Å²) in [6.07, 6.45) is 1.59. The lowest BCUT2D eigenvalue weighted by atomic mass is 10.1. The molecular weight excluding hydrogens is 152 g/mol. The fourth-order valence-electron chi connectivity index (χ4n) is 1.22. The molecule has 0 saturated heterocycles. The molecule has 0 aliphatic carbocycles. The van der Waals surface area contributed by atoms with Crippen LogP contribution in [0.25, 0.3) is 0 Å². The SMILES string of the molecule is CN1C(=O)[N+]=Cc2ccccc21. The molecule has 1 heterocycles. The highest BCUT2D eigenvalue weighted by molar-refractivity contribution is 6.06. The summed E-state index contributed by atoms with van der Waals surface area (Å²) < 4.78 is 0. The summed E-state index contributed by atoms with van der Waals surface area (Å²) in [5.74, 6) is 0. The summed E-state index contributed by atoms with van der Waals surface area (Å²) in [6, 6.07) is 7.45. The molecule has 1 aliphatic heterocycles. The Morgan fingerprint density at radius 3 is 2.92 bits per heavy atom. The van der Waals surface area contributed by atoms with Crippen molar-refractivity contribution in [1.29, 1.82) is 0 Å². The summed E-state index contributed by atoms with van der Waals surface area (Å²) in [6.45, 7) is 0. The van der Waals surface area contributed by atoms with Crippen molar-refractivity contribution >= 4 is 17.9 Å². The van der Waals surface area contributed by atoms with Crippen LogP contribution in [0.5, 0.6) is 0 Å². The van der Waals surface area contributed by atoms with Crippen molar-refractivity contribution < 1.29 is 4.79 Å². The summed E-state index contributed by atoms with van der Waals surface area (Å²) >= 11 is 0. The fourth-order valence-corrected chi connectivity index (χ4v) is 1.22. The number of hydrogen-bond acceptors (Lipinski definition) is 1. The molecule has 0 atom stereocenters. The van der Waals surface area contributed by atoms with E-state index in [-0.39, 0.29) is 6.03 Å². The minimum absolute atomic E-state index is 0.214. The molecule has 0 bridgehead atoms. The van der Waals surface area contributed by atoms with Gasteiger partial charge in [0.05, 0.1) is 12.6 Å². The van der Waals surface area contributed by atoms with E-state index in [1.165, 1.54) is 4.90 Å². The van der Waals surface area contributed by atoms with Crippen LogP contribution in [0.3, 0.4) is 0 Å². The third-order valence-electron chi connectivity index (χ3n) is 1.90. The second-order valence-corrected chi connectivity index (χ2v) is 2.66. The van der Waals surface area contributed by atoms with E-state index in [0.717, 1.165) is 11.3 Å². The van der Waals surface area contributed by atoms with Crippen LogP contribution < -0.4 is 9.89 Å². The Labute approximate surface area is 70.3 Å². The maximum Gasteiger partial charge on any atom is 0.539 e. The Bertz CT molecular complexity index is 357. The molecule has 3 heteroatoms. The summed E-state index contributed by atoms with van der Waals surface area (Å²) in [5.41, 5.74) is 1.90. The number of carbonyl (C=O) groups is 1. The van der Waals surface area contributed by atoms with Gasteiger partial charge in [-0.25, -0.2) is 0 Å². The standard InChI is InChI=1S/C9H8N2O/c1-11-8-5-3-2-4-7(8)6-10-9(11)12/h2-6H,1H3/q+1. The fraction of sp³-hybridized carbons (Fsp3) is 0.111. The van der Waals surface area contributed by atoms with Crippen molar-refractivity contribution in [2.24, 2.45) is 0 Å². The highest BCUT2D eigenvalue weighted by Crippen LogP contribution is 2.18. The molecule has 0 saturated carbocycles. The Morgan fingerprint density at radius 1 is 1.33 bits per heavy atom. The normalized spacial score (nSPS) is 14.8. The van der Waals surface area contributed by atoms with Gasteiger partial charge in [-0.3, -0.25) is 0 Å². The Hall–Kier alpha value is -1.64. The van der Waals surface area contributed by atoms with Crippen LogP contribution in [0.2, 0.25) is 0 Å². The first-order valence-corrected chi connectivity index (χ1v) is 3.70. The molecule has 0 N–H and O–H groups in total. The summed E-state index contributed by atoms with van der Waals surface area (Å²) in [7, 11) is 1.72. The number of rotatable bonds is 0. The topological polar surface area (TPSA) is 34.4 Å². The van der Waals surface area contributed by atoms with Crippen molar-refractivity contribution in [1.82, 2.24) is 4.99 Å². The van der Waals surface area contributed by atoms with Crippen molar-refractivity contribution in [3.63, 3.8) is 0 Å². The van der Waals surface area contributed by atoms with E-state index in [1.54, 1.807) is 13.3 Å². The van der Waals surface area contributed by atoms with Crippen LogP contribution >= 0.6 is 0 Å². The molecule has 59 valence electrons. The van der Waals surface area contributed by atoms with Gasteiger partial charge in [0.15, 0.2) is 6.21 Å². The molecule has 0 spiro atoms. The molecule has 2 rings (SSSR count). The first-order valence-electron chi connectivity index (χ1n) is 3.70. The van der Waals surface area contributed by atoms with Gasteiger partial charge in [0.1, 0.15) is 5.69 Å². The number of benzene rings is 1. The predicted molar refractivity (Wildman–Crippen MR) is 47.5 cm³/mol. The van der Waals surface area contributed by atoms with Gasteiger partial charge in [-0.2, -0.15) is 9.69 Å². The monoisotopic (exact) mass is 160 g/mol. The van der Waals surface area contributed by atoms with E-state index >= 15 is 0 Å². The molecule has 3 nitrogen and oxygen atoms in total. The van der Waals surface area contributed by atoms with E-state index in [0.29, 0.717) is 0 Å². The molecule has 1 aromatic rings. The number of hydrogen-bond donors (Lipinski definition) is 0. The molecule has 1 radical (unpaired) electrons. The Morgan fingerprint density at radius 2 is 2.08 bits per heavy atom. The van der Waals surface area contributed by atoms with Crippen molar-refractivity contribution in [2.75, 3.05) is 11.9 Å². The zero-order valence-electron chi connectivity index (χ0n) is 6.69.